The van der Waals surface area contributed by atoms with Crippen LogP contribution < -0.4 is 5.32 Å². The average Bonchev–Trinajstić information content (AvgIpc) is 3.25. The van der Waals surface area contributed by atoms with Gasteiger partial charge in [-0.05, 0) is 37.5 Å². The van der Waals surface area contributed by atoms with Crippen LogP contribution in [-0.2, 0) is 21.2 Å². The number of amides is 1. The number of benzene rings is 1. The molecule has 7 nitrogen and oxygen atoms in total. The number of imidazole rings is 1. The van der Waals surface area contributed by atoms with Crippen molar-refractivity contribution in [2.75, 3.05) is 18.4 Å². The van der Waals surface area contributed by atoms with Crippen molar-refractivity contribution in [1.82, 2.24) is 13.7 Å². The van der Waals surface area contributed by atoms with Crippen molar-refractivity contribution in [3.8, 4) is 0 Å². The molecule has 0 spiro atoms. The molecule has 0 bridgehead atoms. The molecule has 2 aromatic heterocycles. The molecule has 0 aliphatic carbocycles. The molecule has 28 heavy (non-hydrogen) atoms. The minimum atomic E-state index is -3.55. The van der Waals surface area contributed by atoms with Gasteiger partial charge in [0.1, 0.15) is 0 Å². The molecule has 0 saturated carbocycles. The fraction of sp³-hybridized carbons (Fsp3) is 0.368. The second-order valence-electron chi connectivity index (χ2n) is 7.00. The fourth-order valence-corrected chi connectivity index (χ4v) is 5.92. The van der Waals surface area contributed by atoms with E-state index in [2.05, 4.69) is 10.3 Å². The predicted octanol–water partition coefficient (Wildman–Crippen LogP) is 3.06. The molecule has 1 saturated heterocycles. The average molecular weight is 419 g/mol. The maximum absolute atomic E-state index is 13.0. The molecular formula is C19H22N4O3S2. The van der Waals surface area contributed by atoms with Gasteiger partial charge in [0.25, 0.3) is 0 Å². The molecule has 1 fully saturated rings. The van der Waals surface area contributed by atoms with E-state index >= 15 is 0 Å². The Labute approximate surface area is 168 Å². The first-order chi connectivity index (χ1) is 13.4. The van der Waals surface area contributed by atoms with Gasteiger partial charge >= 0.3 is 0 Å². The predicted molar refractivity (Wildman–Crippen MR) is 109 cm³/mol. The fourth-order valence-electron chi connectivity index (χ4n) is 3.43. The third-order valence-electron chi connectivity index (χ3n) is 4.89. The van der Waals surface area contributed by atoms with Crippen molar-refractivity contribution in [1.29, 1.82) is 0 Å². The van der Waals surface area contributed by atoms with Crippen molar-refractivity contribution in [3.63, 3.8) is 0 Å². The van der Waals surface area contributed by atoms with Crippen molar-refractivity contribution >= 4 is 37.9 Å². The van der Waals surface area contributed by atoms with Crippen molar-refractivity contribution in [2.24, 2.45) is 0 Å². The number of thiazole rings is 1. The van der Waals surface area contributed by atoms with Gasteiger partial charge in [0, 0.05) is 36.6 Å². The third-order valence-corrected chi connectivity index (χ3v) is 7.70. The summed E-state index contributed by atoms with van der Waals surface area (Å²) in [5, 5.41) is 4.74. The first-order valence-corrected chi connectivity index (χ1v) is 11.6. The molecule has 148 valence electrons. The molecule has 1 N–H and O–H groups in total. The van der Waals surface area contributed by atoms with Crippen LogP contribution in [0.5, 0.6) is 0 Å². The minimum absolute atomic E-state index is 0.135. The smallest absolute Gasteiger partial charge is 0.243 e. The number of carbonyl (C=O) groups excluding carboxylic acids is 1. The van der Waals surface area contributed by atoms with Crippen LogP contribution in [0.1, 0.15) is 30.5 Å². The summed E-state index contributed by atoms with van der Waals surface area (Å²) in [5.74, 6) is -0.226. The number of piperidine rings is 1. The zero-order chi connectivity index (χ0) is 19.7. The number of aryl methyl sites for hydroxylation is 1. The summed E-state index contributed by atoms with van der Waals surface area (Å²) >= 11 is 1.51. The largest absolute Gasteiger partial charge is 0.326 e. The number of aromatic nitrogens is 2. The van der Waals surface area contributed by atoms with Gasteiger partial charge in [-0.25, -0.2) is 13.4 Å². The molecule has 3 heterocycles. The number of sulfonamides is 1. The van der Waals surface area contributed by atoms with Crippen LogP contribution in [0.2, 0.25) is 0 Å². The summed E-state index contributed by atoms with van der Waals surface area (Å²) in [6.07, 6.45) is 6.69. The van der Waals surface area contributed by atoms with E-state index in [0.717, 1.165) is 24.2 Å². The highest BCUT2D eigenvalue weighted by Gasteiger charge is 2.27. The Kier molecular flexibility index (Phi) is 5.22. The number of nitrogens with zero attached hydrogens (tertiary/aromatic N) is 3. The quantitative estimate of drug-likeness (QED) is 0.690. The molecule has 1 aliphatic heterocycles. The van der Waals surface area contributed by atoms with Gasteiger partial charge in [0.05, 0.1) is 17.0 Å². The Hall–Kier alpha value is -2.23. The van der Waals surface area contributed by atoms with Gasteiger partial charge in [0.2, 0.25) is 15.9 Å². The summed E-state index contributed by atoms with van der Waals surface area (Å²) < 4.78 is 29.4. The highest BCUT2D eigenvalue weighted by molar-refractivity contribution is 7.89. The molecule has 0 radical (unpaired) electrons. The van der Waals surface area contributed by atoms with Gasteiger partial charge in [-0.1, -0.05) is 12.5 Å². The van der Waals surface area contributed by atoms with Gasteiger partial charge in [-0.15, -0.1) is 11.3 Å². The van der Waals surface area contributed by atoms with Crippen LogP contribution in [-0.4, -0.2) is 41.1 Å². The Morgan fingerprint density at radius 1 is 1.25 bits per heavy atom. The molecule has 0 atom stereocenters. The molecule has 1 aliphatic rings. The SMILES string of the molecule is Cc1ccc(NC(=O)Cc2cn3ccsc3n2)cc1S(=O)(=O)N1CCCCC1. The van der Waals surface area contributed by atoms with Crippen LogP contribution in [0.3, 0.4) is 0 Å². The van der Waals surface area contributed by atoms with E-state index in [9.17, 15) is 13.2 Å². The van der Waals surface area contributed by atoms with Crippen LogP contribution in [0.25, 0.3) is 4.96 Å². The summed E-state index contributed by atoms with van der Waals surface area (Å²) in [7, 11) is -3.55. The van der Waals surface area contributed by atoms with Crippen LogP contribution in [0.15, 0.2) is 40.9 Å². The number of nitrogens with one attached hydrogen (secondary N) is 1. The van der Waals surface area contributed by atoms with Gasteiger partial charge in [0.15, 0.2) is 4.96 Å². The monoisotopic (exact) mass is 418 g/mol. The number of rotatable bonds is 5. The molecule has 1 amide bonds. The lowest BCUT2D eigenvalue weighted by Gasteiger charge is -2.26. The van der Waals surface area contributed by atoms with E-state index in [1.807, 2.05) is 22.2 Å². The molecule has 9 heteroatoms. The highest BCUT2D eigenvalue weighted by atomic mass is 32.2. The minimum Gasteiger partial charge on any atom is -0.326 e. The Morgan fingerprint density at radius 2 is 2.04 bits per heavy atom. The Bertz CT molecular complexity index is 1080. The lowest BCUT2D eigenvalue weighted by molar-refractivity contribution is -0.115. The topological polar surface area (TPSA) is 83.8 Å². The second-order valence-corrected chi connectivity index (χ2v) is 9.77. The number of hydrogen-bond donors (Lipinski definition) is 1. The van der Waals surface area contributed by atoms with E-state index < -0.39 is 10.0 Å². The first kappa shape index (κ1) is 19.1. The third kappa shape index (κ3) is 3.82. The van der Waals surface area contributed by atoms with Crippen LogP contribution in [0.4, 0.5) is 5.69 Å². The Morgan fingerprint density at radius 3 is 2.79 bits per heavy atom. The molecule has 0 unspecified atom stereocenters. The second kappa shape index (κ2) is 7.65. The summed E-state index contributed by atoms with van der Waals surface area (Å²) in [6.45, 7) is 2.88. The van der Waals surface area contributed by atoms with Crippen LogP contribution in [0, 0.1) is 6.92 Å². The lowest BCUT2D eigenvalue weighted by atomic mass is 10.2. The Balaban J connectivity index is 1.51. The summed E-state index contributed by atoms with van der Waals surface area (Å²) in [6, 6.07) is 5.02. The lowest BCUT2D eigenvalue weighted by Crippen LogP contribution is -2.36. The highest BCUT2D eigenvalue weighted by Crippen LogP contribution is 2.26. The van der Waals surface area contributed by atoms with Crippen molar-refractivity contribution in [3.05, 3.63) is 47.2 Å². The van der Waals surface area contributed by atoms with Gasteiger partial charge in [-0.3, -0.25) is 9.20 Å². The van der Waals surface area contributed by atoms with E-state index in [1.54, 1.807) is 29.4 Å². The van der Waals surface area contributed by atoms with E-state index in [1.165, 1.54) is 11.3 Å². The molecule has 3 aromatic rings. The van der Waals surface area contributed by atoms with Crippen LogP contribution >= 0.6 is 11.3 Å². The van der Waals surface area contributed by atoms with E-state index in [0.29, 0.717) is 30.0 Å². The number of fused-ring (bicyclic) bond motifs is 1. The van der Waals surface area contributed by atoms with E-state index in [-0.39, 0.29) is 17.2 Å². The summed E-state index contributed by atoms with van der Waals surface area (Å²) in [4.78, 5) is 17.9. The van der Waals surface area contributed by atoms with Crippen molar-refractivity contribution < 1.29 is 13.2 Å². The maximum Gasteiger partial charge on any atom is 0.243 e. The molecule has 1 aromatic carbocycles. The number of anilines is 1. The van der Waals surface area contributed by atoms with Gasteiger partial charge in [-0.2, -0.15) is 4.31 Å². The van der Waals surface area contributed by atoms with Gasteiger partial charge < -0.3 is 5.32 Å². The normalized spacial score (nSPS) is 15.8. The zero-order valence-electron chi connectivity index (χ0n) is 15.6. The molecular weight excluding hydrogens is 396 g/mol. The van der Waals surface area contributed by atoms with Crippen molar-refractivity contribution in [2.45, 2.75) is 37.5 Å². The standard InChI is InChI=1S/C19H22N4O3S2/c1-14-5-6-15(11-17(14)28(25,26)23-7-3-2-4-8-23)20-18(24)12-16-13-22-9-10-27-19(22)21-16/h5-6,9-11,13H,2-4,7-8,12H2,1H3,(H,20,24). The molecule has 4 rings (SSSR count). The number of carbonyl (C=O) groups is 1. The van der Waals surface area contributed by atoms with E-state index in [4.69, 9.17) is 0 Å². The zero-order valence-corrected chi connectivity index (χ0v) is 17.2. The first-order valence-electron chi connectivity index (χ1n) is 9.25. The summed E-state index contributed by atoms with van der Waals surface area (Å²) in [5.41, 5.74) is 1.84. The number of hydrogen-bond acceptors (Lipinski definition) is 5. The maximum atomic E-state index is 13.0.